The van der Waals surface area contributed by atoms with Gasteiger partial charge in [-0.15, -0.1) is 0 Å². The SMILES string of the molecule is CSC(C)Cc1c(-c2ccccc2)ncn1Cc1noc(C2CCCC2)n1. The summed E-state index contributed by atoms with van der Waals surface area (Å²) in [6.07, 6.45) is 9.89. The van der Waals surface area contributed by atoms with Crippen molar-refractivity contribution in [3.8, 4) is 11.3 Å². The van der Waals surface area contributed by atoms with Crippen molar-refractivity contribution in [3.63, 3.8) is 0 Å². The largest absolute Gasteiger partial charge is 0.339 e. The second-order valence-electron chi connectivity index (χ2n) is 7.31. The summed E-state index contributed by atoms with van der Waals surface area (Å²) in [7, 11) is 0. The lowest BCUT2D eigenvalue weighted by atomic mass is 10.1. The molecule has 0 bridgehead atoms. The molecule has 0 saturated heterocycles. The third-order valence-corrected chi connectivity index (χ3v) is 6.35. The molecule has 4 rings (SSSR count). The fourth-order valence-electron chi connectivity index (χ4n) is 3.77. The molecule has 1 fully saturated rings. The quantitative estimate of drug-likeness (QED) is 0.580. The van der Waals surface area contributed by atoms with Gasteiger partial charge in [-0.1, -0.05) is 55.3 Å². The fraction of sp³-hybridized carbons (Fsp3) is 0.476. The Morgan fingerprint density at radius 2 is 2.00 bits per heavy atom. The van der Waals surface area contributed by atoms with E-state index in [9.17, 15) is 0 Å². The van der Waals surface area contributed by atoms with Crippen LogP contribution in [0.5, 0.6) is 0 Å². The first-order chi connectivity index (χ1) is 13.2. The highest BCUT2D eigenvalue weighted by Crippen LogP contribution is 2.33. The first-order valence-electron chi connectivity index (χ1n) is 9.69. The summed E-state index contributed by atoms with van der Waals surface area (Å²) < 4.78 is 7.73. The first kappa shape index (κ1) is 18.3. The normalized spacial score (nSPS) is 16.1. The molecular weight excluding hydrogens is 356 g/mol. The zero-order valence-electron chi connectivity index (χ0n) is 16.0. The molecule has 2 aromatic heterocycles. The predicted molar refractivity (Wildman–Crippen MR) is 109 cm³/mol. The van der Waals surface area contributed by atoms with E-state index in [1.807, 2.05) is 24.2 Å². The molecule has 5 nitrogen and oxygen atoms in total. The van der Waals surface area contributed by atoms with Crippen molar-refractivity contribution in [2.75, 3.05) is 6.26 Å². The van der Waals surface area contributed by atoms with Gasteiger partial charge in [0.2, 0.25) is 5.89 Å². The predicted octanol–water partition coefficient (Wildman–Crippen LogP) is 4.93. The standard InChI is InChI=1S/C21H26N4OS/c1-15(27-2)12-18-20(16-8-4-3-5-9-16)22-14-25(18)13-19-23-21(26-24-19)17-10-6-7-11-17/h3-5,8-9,14-15,17H,6-7,10-13H2,1-2H3. The van der Waals surface area contributed by atoms with Gasteiger partial charge in [0.15, 0.2) is 5.82 Å². The molecule has 0 amide bonds. The van der Waals surface area contributed by atoms with Crippen LogP contribution in [0.15, 0.2) is 41.2 Å². The van der Waals surface area contributed by atoms with Gasteiger partial charge < -0.3 is 9.09 Å². The van der Waals surface area contributed by atoms with Crippen molar-refractivity contribution >= 4 is 11.8 Å². The van der Waals surface area contributed by atoms with Crippen molar-refractivity contribution in [2.45, 2.75) is 56.7 Å². The minimum absolute atomic E-state index is 0.449. The number of hydrogen-bond donors (Lipinski definition) is 0. The van der Waals surface area contributed by atoms with E-state index < -0.39 is 0 Å². The molecule has 0 aliphatic heterocycles. The second-order valence-corrected chi connectivity index (χ2v) is 8.59. The van der Waals surface area contributed by atoms with Crippen molar-refractivity contribution in [2.24, 2.45) is 0 Å². The number of rotatable bonds is 7. The molecule has 27 heavy (non-hydrogen) atoms. The van der Waals surface area contributed by atoms with Crippen LogP contribution in [0.3, 0.4) is 0 Å². The summed E-state index contributed by atoms with van der Waals surface area (Å²) in [5.74, 6) is 2.00. The summed E-state index contributed by atoms with van der Waals surface area (Å²) in [5, 5.41) is 4.75. The topological polar surface area (TPSA) is 56.7 Å². The molecule has 1 aliphatic carbocycles. The van der Waals surface area contributed by atoms with Gasteiger partial charge in [-0.3, -0.25) is 0 Å². The number of imidazole rings is 1. The third-order valence-electron chi connectivity index (χ3n) is 5.38. The van der Waals surface area contributed by atoms with Crippen molar-refractivity contribution in [1.82, 2.24) is 19.7 Å². The first-order valence-corrected chi connectivity index (χ1v) is 11.0. The molecule has 0 N–H and O–H groups in total. The average molecular weight is 383 g/mol. The van der Waals surface area contributed by atoms with Crippen LogP contribution >= 0.6 is 11.8 Å². The Labute approximate surface area is 164 Å². The Balaban J connectivity index is 1.61. The smallest absolute Gasteiger partial charge is 0.229 e. The van der Waals surface area contributed by atoms with Crippen LogP contribution in [0, 0.1) is 0 Å². The Morgan fingerprint density at radius 3 is 2.74 bits per heavy atom. The molecule has 6 heteroatoms. The van der Waals surface area contributed by atoms with Gasteiger partial charge >= 0.3 is 0 Å². The summed E-state index contributed by atoms with van der Waals surface area (Å²) >= 11 is 1.87. The zero-order valence-corrected chi connectivity index (χ0v) is 16.8. The highest BCUT2D eigenvalue weighted by Gasteiger charge is 2.23. The van der Waals surface area contributed by atoms with Gasteiger partial charge in [0.05, 0.1) is 18.6 Å². The zero-order chi connectivity index (χ0) is 18.6. The Kier molecular flexibility index (Phi) is 5.62. The molecule has 0 radical (unpaired) electrons. The van der Waals surface area contributed by atoms with Crippen LogP contribution in [0.25, 0.3) is 11.3 Å². The second kappa shape index (κ2) is 8.30. The third kappa shape index (κ3) is 4.10. The van der Waals surface area contributed by atoms with Gasteiger partial charge in [0.25, 0.3) is 0 Å². The van der Waals surface area contributed by atoms with Crippen LogP contribution in [-0.4, -0.2) is 31.2 Å². The van der Waals surface area contributed by atoms with Crippen molar-refractivity contribution in [1.29, 1.82) is 0 Å². The molecule has 1 saturated carbocycles. The number of benzene rings is 1. The van der Waals surface area contributed by atoms with Crippen LogP contribution in [0.2, 0.25) is 0 Å². The maximum Gasteiger partial charge on any atom is 0.229 e. The number of aromatic nitrogens is 4. The number of thioether (sulfide) groups is 1. The van der Waals surface area contributed by atoms with Gasteiger partial charge in [0, 0.05) is 28.8 Å². The van der Waals surface area contributed by atoms with E-state index in [1.165, 1.54) is 31.4 Å². The van der Waals surface area contributed by atoms with Gasteiger partial charge in [-0.2, -0.15) is 16.7 Å². The minimum atomic E-state index is 0.449. The lowest BCUT2D eigenvalue weighted by Gasteiger charge is -2.12. The summed E-state index contributed by atoms with van der Waals surface area (Å²) in [6, 6.07) is 10.4. The molecule has 0 spiro atoms. The molecule has 142 valence electrons. The van der Waals surface area contributed by atoms with Crippen molar-refractivity contribution < 1.29 is 4.52 Å². The van der Waals surface area contributed by atoms with E-state index in [4.69, 9.17) is 9.51 Å². The van der Waals surface area contributed by atoms with E-state index in [0.29, 0.717) is 17.7 Å². The molecule has 1 aromatic carbocycles. The minimum Gasteiger partial charge on any atom is -0.339 e. The van der Waals surface area contributed by atoms with Crippen LogP contribution < -0.4 is 0 Å². The average Bonchev–Trinajstić information content (AvgIpc) is 3.44. The van der Waals surface area contributed by atoms with E-state index in [1.54, 1.807) is 0 Å². The van der Waals surface area contributed by atoms with E-state index in [-0.39, 0.29) is 0 Å². The molecule has 1 unspecified atom stereocenters. The maximum absolute atomic E-state index is 5.56. The summed E-state index contributed by atoms with van der Waals surface area (Å²) in [6.45, 7) is 2.86. The Bertz CT molecular complexity index is 867. The van der Waals surface area contributed by atoms with Crippen LogP contribution in [0.4, 0.5) is 0 Å². The molecule has 1 atom stereocenters. The van der Waals surface area contributed by atoms with Crippen molar-refractivity contribution in [3.05, 3.63) is 54.1 Å². The molecule has 2 heterocycles. The molecule has 1 aliphatic rings. The van der Waals surface area contributed by atoms with Crippen LogP contribution in [-0.2, 0) is 13.0 Å². The van der Waals surface area contributed by atoms with Gasteiger partial charge in [0.1, 0.15) is 0 Å². The highest BCUT2D eigenvalue weighted by atomic mass is 32.2. The Morgan fingerprint density at radius 1 is 1.22 bits per heavy atom. The Hall–Kier alpha value is -2.08. The van der Waals surface area contributed by atoms with E-state index >= 15 is 0 Å². The van der Waals surface area contributed by atoms with Crippen LogP contribution in [0.1, 0.15) is 55.9 Å². The fourth-order valence-corrected chi connectivity index (χ4v) is 4.10. The van der Waals surface area contributed by atoms with E-state index in [0.717, 1.165) is 29.4 Å². The highest BCUT2D eigenvalue weighted by molar-refractivity contribution is 7.99. The van der Waals surface area contributed by atoms with Gasteiger partial charge in [-0.25, -0.2) is 4.98 Å². The number of hydrogen-bond acceptors (Lipinski definition) is 5. The van der Waals surface area contributed by atoms with E-state index in [2.05, 4.69) is 52.2 Å². The summed E-state index contributed by atoms with van der Waals surface area (Å²) in [5.41, 5.74) is 3.44. The monoisotopic (exact) mass is 382 g/mol. The lowest BCUT2D eigenvalue weighted by molar-refractivity contribution is 0.349. The van der Waals surface area contributed by atoms with Gasteiger partial charge in [-0.05, 0) is 19.1 Å². The lowest BCUT2D eigenvalue weighted by Crippen LogP contribution is -2.10. The maximum atomic E-state index is 5.56. The molecular formula is C21H26N4OS. The summed E-state index contributed by atoms with van der Waals surface area (Å²) in [4.78, 5) is 9.40. The molecule has 3 aromatic rings. The number of nitrogens with zero attached hydrogens (tertiary/aromatic N) is 4.